The van der Waals surface area contributed by atoms with Gasteiger partial charge in [0.1, 0.15) is 0 Å². The van der Waals surface area contributed by atoms with Gasteiger partial charge in [0.2, 0.25) is 5.54 Å². The van der Waals surface area contributed by atoms with E-state index >= 15 is 0 Å². The molecule has 1 saturated heterocycles. The molecular formula is C8H7Cl2F6N. The molecule has 2 aliphatic rings. The minimum absolute atomic E-state index is 0.396. The highest BCUT2D eigenvalue weighted by atomic mass is 35.5. The molecule has 2 bridgehead atoms. The lowest BCUT2D eigenvalue weighted by Crippen LogP contribution is -2.70. The molecular weight excluding hydrogens is 295 g/mol. The SMILES string of the molecule is FC(F)(F)C1(C(F)(F)F)N[C@H]2[C@@H](Cl)[C@@H]1C[C@H]2Cl. The summed E-state index contributed by atoms with van der Waals surface area (Å²) in [6, 6.07) is -1.17. The Morgan fingerprint density at radius 3 is 1.71 bits per heavy atom. The van der Waals surface area contributed by atoms with E-state index in [9.17, 15) is 26.3 Å². The van der Waals surface area contributed by atoms with Crippen LogP contribution in [0.25, 0.3) is 0 Å². The van der Waals surface area contributed by atoms with E-state index in [0.29, 0.717) is 0 Å². The maximum atomic E-state index is 12.8. The van der Waals surface area contributed by atoms with Gasteiger partial charge in [0.15, 0.2) is 0 Å². The zero-order valence-corrected chi connectivity index (χ0v) is 9.55. The summed E-state index contributed by atoms with van der Waals surface area (Å²) in [7, 11) is 0. The first-order valence-electron chi connectivity index (χ1n) is 4.71. The van der Waals surface area contributed by atoms with Crippen LogP contribution in [0.5, 0.6) is 0 Å². The van der Waals surface area contributed by atoms with E-state index < -0.39 is 47.0 Å². The van der Waals surface area contributed by atoms with E-state index in [-0.39, 0.29) is 0 Å². The van der Waals surface area contributed by atoms with Gasteiger partial charge < -0.3 is 0 Å². The Balaban J connectivity index is 2.48. The number of nitrogens with one attached hydrogen (secondary N) is 1. The molecule has 1 heterocycles. The molecule has 1 saturated carbocycles. The summed E-state index contributed by atoms with van der Waals surface area (Å²) in [5, 5.41) is -0.499. The Labute approximate surface area is 102 Å². The van der Waals surface area contributed by atoms with Crippen LogP contribution in [0.1, 0.15) is 6.42 Å². The van der Waals surface area contributed by atoms with Crippen molar-refractivity contribution in [2.24, 2.45) is 5.92 Å². The Morgan fingerprint density at radius 1 is 1.00 bits per heavy atom. The third-order valence-electron chi connectivity index (χ3n) is 3.44. The van der Waals surface area contributed by atoms with Crippen LogP contribution in [0.2, 0.25) is 0 Å². The number of rotatable bonds is 0. The summed E-state index contributed by atoms with van der Waals surface area (Å²) in [6.45, 7) is 0. The Bertz CT molecular complexity index is 313. The molecule has 1 N–H and O–H groups in total. The first-order chi connectivity index (χ1) is 7.52. The van der Waals surface area contributed by atoms with Crippen LogP contribution in [-0.2, 0) is 0 Å². The number of hydrogen-bond acceptors (Lipinski definition) is 1. The second-order valence-electron chi connectivity index (χ2n) is 4.28. The first-order valence-corrected chi connectivity index (χ1v) is 5.59. The van der Waals surface area contributed by atoms with Crippen molar-refractivity contribution < 1.29 is 26.3 Å². The van der Waals surface area contributed by atoms with Gasteiger partial charge >= 0.3 is 12.4 Å². The van der Waals surface area contributed by atoms with Crippen molar-refractivity contribution in [2.45, 2.75) is 41.1 Å². The normalized spacial score (nSPS) is 40.9. The van der Waals surface area contributed by atoms with Gasteiger partial charge in [0.25, 0.3) is 0 Å². The van der Waals surface area contributed by atoms with Crippen molar-refractivity contribution in [3.63, 3.8) is 0 Å². The molecule has 100 valence electrons. The van der Waals surface area contributed by atoms with E-state index in [4.69, 9.17) is 23.2 Å². The number of halogens is 8. The maximum Gasteiger partial charge on any atom is 0.415 e. The molecule has 1 aliphatic carbocycles. The molecule has 0 aromatic carbocycles. The van der Waals surface area contributed by atoms with Crippen LogP contribution in [0.4, 0.5) is 26.3 Å². The van der Waals surface area contributed by atoms with Crippen LogP contribution in [-0.4, -0.2) is 34.7 Å². The van der Waals surface area contributed by atoms with Crippen LogP contribution < -0.4 is 5.32 Å². The molecule has 0 spiro atoms. The van der Waals surface area contributed by atoms with Gasteiger partial charge in [0.05, 0.1) is 10.8 Å². The molecule has 4 atom stereocenters. The van der Waals surface area contributed by atoms with Crippen molar-refractivity contribution in [1.29, 1.82) is 0 Å². The minimum atomic E-state index is -5.45. The fourth-order valence-corrected chi connectivity index (χ4v) is 3.69. The summed E-state index contributed by atoms with van der Waals surface area (Å²) in [4.78, 5) is 0. The van der Waals surface area contributed by atoms with Crippen molar-refractivity contribution >= 4 is 23.2 Å². The largest absolute Gasteiger partial charge is 0.415 e. The van der Waals surface area contributed by atoms with Crippen molar-refractivity contribution in [3.05, 3.63) is 0 Å². The predicted octanol–water partition coefficient (Wildman–Crippen LogP) is 3.06. The molecule has 2 fully saturated rings. The Kier molecular flexibility index (Phi) is 2.85. The molecule has 0 aromatic rings. The number of piperidine rings is 1. The van der Waals surface area contributed by atoms with E-state index in [1.807, 2.05) is 0 Å². The van der Waals surface area contributed by atoms with Crippen molar-refractivity contribution in [3.8, 4) is 0 Å². The minimum Gasteiger partial charge on any atom is -0.290 e. The average Bonchev–Trinajstić information content (AvgIpc) is 2.53. The van der Waals surface area contributed by atoms with E-state index in [1.54, 1.807) is 5.32 Å². The zero-order chi connectivity index (χ0) is 13.2. The summed E-state index contributed by atoms with van der Waals surface area (Å²) in [5.74, 6) is -1.78. The van der Waals surface area contributed by atoms with Crippen molar-refractivity contribution in [1.82, 2.24) is 5.32 Å². The van der Waals surface area contributed by atoms with Gasteiger partial charge in [-0.1, -0.05) is 0 Å². The summed E-state index contributed by atoms with van der Waals surface area (Å²) in [6.07, 6.45) is -11.3. The predicted molar refractivity (Wildman–Crippen MR) is 49.2 cm³/mol. The van der Waals surface area contributed by atoms with Gasteiger partial charge in [-0.15, -0.1) is 23.2 Å². The highest BCUT2D eigenvalue weighted by molar-refractivity contribution is 6.26. The standard InChI is InChI=1S/C8H7Cl2F6N/c9-3-1-2-4(10)5(3)17-6(2,7(11,12)13)8(14,15)16/h2-5,17H,1H2/t2-,3+,4-,5+/m0/s1. The summed E-state index contributed by atoms with van der Waals surface area (Å²) in [5.41, 5.74) is -3.93. The van der Waals surface area contributed by atoms with Crippen LogP contribution >= 0.6 is 23.2 Å². The molecule has 1 nitrogen and oxygen atoms in total. The molecule has 0 unspecified atom stereocenters. The van der Waals surface area contributed by atoms with E-state index in [2.05, 4.69) is 0 Å². The Hall–Kier alpha value is 0.120. The molecule has 2 rings (SSSR count). The van der Waals surface area contributed by atoms with Gasteiger partial charge in [0, 0.05) is 12.0 Å². The first kappa shape index (κ1) is 13.5. The van der Waals surface area contributed by atoms with E-state index in [1.165, 1.54) is 0 Å². The fraction of sp³-hybridized carbons (Fsp3) is 1.00. The molecule has 1 aliphatic heterocycles. The van der Waals surface area contributed by atoms with Crippen LogP contribution in [0.15, 0.2) is 0 Å². The number of fused-ring (bicyclic) bond motifs is 2. The third kappa shape index (κ3) is 1.58. The lowest BCUT2D eigenvalue weighted by atomic mass is 9.82. The highest BCUT2D eigenvalue weighted by Gasteiger charge is 2.81. The van der Waals surface area contributed by atoms with Crippen LogP contribution in [0, 0.1) is 5.92 Å². The number of hydrogen-bond donors (Lipinski definition) is 1. The topological polar surface area (TPSA) is 12.0 Å². The van der Waals surface area contributed by atoms with E-state index in [0.717, 1.165) is 0 Å². The van der Waals surface area contributed by atoms with Gasteiger partial charge in [-0.05, 0) is 6.42 Å². The zero-order valence-electron chi connectivity index (χ0n) is 8.04. The van der Waals surface area contributed by atoms with Gasteiger partial charge in [-0.2, -0.15) is 26.3 Å². The highest BCUT2D eigenvalue weighted by Crippen LogP contribution is 2.59. The molecule has 9 heteroatoms. The Morgan fingerprint density at radius 2 is 1.47 bits per heavy atom. The van der Waals surface area contributed by atoms with Crippen LogP contribution in [0.3, 0.4) is 0 Å². The molecule has 17 heavy (non-hydrogen) atoms. The lowest BCUT2D eigenvalue weighted by Gasteiger charge is -2.41. The molecule has 0 aromatic heterocycles. The van der Waals surface area contributed by atoms with Crippen molar-refractivity contribution in [2.75, 3.05) is 0 Å². The lowest BCUT2D eigenvalue weighted by molar-refractivity contribution is -0.318. The van der Waals surface area contributed by atoms with Gasteiger partial charge in [-0.3, -0.25) is 5.32 Å². The fourth-order valence-electron chi connectivity index (χ4n) is 2.67. The summed E-state index contributed by atoms with van der Waals surface area (Å²) >= 11 is 11.3. The quantitative estimate of drug-likeness (QED) is 0.536. The summed E-state index contributed by atoms with van der Waals surface area (Å²) < 4.78 is 76.7. The van der Waals surface area contributed by atoms with Gasteiger partial charge in [-0.25, -0.2) is 0 Å². The monoisotopic (exact) mass is 301 g/mol. The maximum absolute atomic E-state index is 12.8. The molecule has 0 amide bonds. The second-order valence-corrected chi connectivity index (χ2v) is 5.34. The smallest absolute Gasteiger partial charge is 0.290 e. The molecule has 0 radical (unpaired) electrons. The second kappa shape index (κ2) is 3.57. The average molecular weight is 302 g/mol. The number of alkyl halides is 8. The third-order valence-corrected chi connectivity index (χ3v) is 4.47.